The van der Waals surface area contributed by atoms with Gasteiger partial charge in [-0.25, -0.2) is 4.68 Å². The lowest BCUT2D eigenvalue weighted by Gasteiger charge is -2.05. The fraction of sp³-hybridized carbons (Fsp3) is 0.333. The van der Waals surface area contributed by atoms with Gasteiger partial charge in [0.25, 0.3) is 0 Å². The van der Waals surface area contributed by atoms with Gasteiger partial charge in [-0.15, -0.1) is 5.10 Å². The van der Waals surface area contributed by atoms with Crippen molar-refractivity contribution in [2.24, 2.45) is 0 Å². The Morgan fingerprint density at radius 2 is 2.15 bits per heavy atom. The Balaban J connectivity index is 1.94. The van der Waals surface area contributed by atoms with Crippen LogP contribution in [0, 0.1) is 0 Å². The number of rotatable bonds is 7. The molecule has 0 amide bonds. The molecule has 7 nitrogen and oxygen atoms in total. The zero-order valence-electron chi connectivity index (χ0n) is 10.9. The van der Waals surface area contributed by atoms with E-state index in [4.69, 9.17) is 9.84 Å². The normalized spacial score (nSPS) is 10.4. The molecule has 0 spiro atoms. The van der Waals surface area contributed by atoms with E-state index in [-0.39, 0.29) is 6.54 Å². The van der Waals surface area contributed by atoms with E-state index >= 15 is 0 Å². The quantitative estimate of drug-likeness (QED) is 0.773. The van der Waals surface area contributed by atoms with E-state index in [1.807, 2.05) is 31.2 Å². The number of hydrogen-bond acceptors (Lipinski definition) is 6. The number of carboxylic acids is 1. The fourth-order valence-corrected chi connectivity index (χ4v) is 2.36. The maximum absolute atomic E-state index is 10.7. The van der Waals surface area contributed by atoms with Crippen LogP contribution in [-0.4, -0.2) is 37.9 Å². The van der Waals surface area contributed by atoms with Gasteiger partial charge in [-0.3, -0.25) is 4.79 Å². The molecular formula is C12H14N4O3S. The Kier molecular flexibility index (Phi) is 4.94. The first-order valence-corrected chi connectivity index (χ1v) is 7.00. The van der Waals surface area contributed by atoms with Crippen molar-refractivity contribution >= 4 is 17.7 Å². The molecule has 0 fully saturated rings. The van der Waals surface area contributed by atoms with Crippen molar-refractivity contribution in [1.82, 2.24) is 20.2 Å². The molecule has 0 aliphatic heterocycles. The first kappa shape index (κ1) is 14.3. The van der Waals surface area contributed by atoms with Gasteiger partial charge in [-0.05, 0) is 35.0 Å². The third kappa shape index (κ3) is 3.95. The van der Waals surface area contributed by atoms with E-state index in [9.17, 15) is 4.79 Å². The average Bonchev–Trinajstić information content (AvgIpc) is 2.85. The number of tetrazole rings is 1. The fourth-order valence-electron chi connectivity index (χ4n) is 1.52. The van der Waals surface area contributed by atoms with Crippen LogP contribution in [0.3, 0.4) is 0 Å². The van der Waals surface area contributed by atoms with E-state index < -0.39 is 5.97 Å². The highest BCUT2D eigenvalue weighted by atomic mass is 32.2. The zero-order chi connectivity index (χ0) is 14.4. The maximum atomic E-state index is 10.7. The third-order valence-corrected chi connectivity index (χ3v) is 3.41. The molecule has 20 heavy (non-hydrogen) atoms. The smallest absolute Gasteiger partial charge is 0.325 e. The highest BCUT2D eigenvalue weighted by Crippen LogP contribution is 2.21. The van der Waals surface area contributed by atoms with Crippen LogP contribution < -0.4 is 4.74 Å². The van der Waals surface area contributed by atoms with Crippen molar-refractivity contribution in [1.29, 1.82) is 0 Å². The third-order valence-electron chi connectivity index (χ3n) is 2.39. The molecule has 2 aromatic rings. The predicted octanol–water partition coefficient (Wildman–Crippen LogP) is 1.45. The minimum atomic E-state index is -0.972. The average molecular weight is 294 g/mol. The molecule has 106 valence electrons. The second-order valence-electron chi connectivity index (χ2n) is 3.88. The molecule has 1 aromatic carbocycles. The van der Waals surface area contributed by atoms with Crippen LogP contribution in [0.15, 0.2) is 29.4 Å². The van der Waals surface area contributed by atoms with E-state index in [1.54, 1.807) is 0 Å². The summed E-state index contributed by atoms with van der Waals surface area (Å²) in [5, 5.41) is 20.2. The van der Waals surface area contributed by atoms with Crippen LogP contribution in [0.5, 0.6) is 5.75 Å². The number of aliphatic carboxylic acids is 1. The first-order chi connectivity index (χ1) is 9.69. The van der Waals surface area contributed by atoms with Crippen molar-refractivity contribution < 1.29 is 14.6 Å². The van der Waals surface area contributed by atoms with Crippen molar-refractivity contribution in [3.63, 3.8) is 0 Å². The number of thioether (sulfide) groups is 1. The molecule has 0 atom stereocenters. The lowest BCUT2D eigenvalue weighted by atomic mass is 10.2. The van der Waals surface area contributed by atoms with Crippen molar-refractivity contribution in [3.8, 4) is 5.75 Å². The summed E-state index contributed by atoms with van der Waals surface area (Å²) < 4.78 is 6.63. The molecule has 1 heterocycles. The van der Waals surface area contributed by atoms with Crippen molar-refractivity contribution in [2.45, 2.75) is 24.4 Å². The van der Waals surface area contributed by atoms with Gasteiger partial charge in [-0.2, -0.15) is 0 Å². The highest BCUT2D eigenvalue weighted by Gasteiger charge is 2.10. The largest absolute Gasteiger partial charge is 0.494 e. The van der Waals surface area contributed by atoms with Crippen LogP contribution in [0.2, 0.25) is 0 Å². The van der Waals surface area contributed by atoms with Gasteiger partial charge in [-0.1, -0.05) is 23.9 Å². The molecule has 8 heteroatoms. The summed E-state index contributed by atoms with van der Waals surface area (Å²) in [6.07, 6.45) is 0. The van der Waals surface area contributed by atoms with Crippen molar-refractivity contribution in [3.05, 3.63) is 29.8 Å². The second-order valence-corrected chi connectivity index (χ2v) is 4.82. The molecule has 0 radical (unpaired) electrons. The van der Waals surface area contributed by atoms with Gasteiger partial charge in [0, 0.05) is 5.75 Å². The van der Waals surface area contributed by atoms with Crippen LogP contribution >= 0.6 is 11.8 Å². The SMILES string of the molecule is CCOc1ccc(CSc2nnnn2CC(=O)O)cc1. The Morgan fingerprint density at radius 3 is 2.80 bits per heavy atom. The number of carbonyl (C=O) groups is 1. The molecule has 0 saturated heterocycles. The van der Waals surface area contributed by atoms with Crippen molar-refractivity contribution in [2.75, 3.05) is 6.61 Å². The standard InChI is InChI=1S/C12H14N4O3S/c1-2-19-10-5-3-9(4-6-10)8-20-12-13-14-15-16(12)7-11(17)18/h3-6H,2,7-8H2,1H3,(H,17,18). The Hall–Kier alpha value is -2.09. The lowest BCUT2D eigenvalue weighted by molar-refractivity contribution is -0.138. The molecule has 2 rings (SSSR count). The molecule has 0 unspecified atom stereocenters. The Labute approximate surface area is 119 Å². The number of benzene rings is 1. The molecule has 1 aromatic heterocycles. The number of carboxylic acid groups (broad SMARTS) is 1. The maximum Gasteiger partial charge on any atom is 0.325 e. The van der Waals surface area contributed by atoms with E-state index in [2.05, 4.69) is 15.5 Å². The van der Waals surface area contributed by atoms with Gasteiger partial charge in [0.15, 0.2) is 0 Å². The summed E-state index contributed by atoms with van der Waals surface area (Å²) in [5.74, 6) is 0.518. The summed E-state index contributed by atoms with van der Waals surface area (Å²) >= 11 is 1.39. The van der Waals surface area contributed by atoms with Crippen LogP contribution in [-0.2, 0) is 17.1 Å². The summed E-state index contributed by atoms with van der Waals surface area (Å²) in [6.45, 7) is 2.34. The summed E-state index contributed by atoms with van der Waals surface area (Å²) in [7, 11) is 0. The molecular weight excluding hydrogens is 280 g/mol. The van der Waals surface area contributed by atoms with E-state index in [1.165, 1.54) is 16.4 Å². The number of nitrogens with zero attached hydrogens (tertiary/aromatic N) is 4. The Morgan fingerprint density at radius 1 is 1.40 bits per heavy atom. The van der Waals surface area contributed by atoms with Crippen LogP contribution in [0.25, 0.3) is 0 Å². The summed E-state index contributed by atoms with van der Waals surface area (Å²) in [4.78, 5) is 10.7. The van der Waals surface area contributed by atoms with Gasteiger partial charge >= 0.3 is 5.97 Å². The van der Waals surface area contributed by atoms with Gasteiger partial charge in [0.05, 0.1) is 6.61 Å². The predicted molar refractivity (Wildman–Crippen MR) is 72.6 cm³/mol. The minimum absolute atomic E-state index is 0.237. The van der Waals surface area contributed by atoms with Gasteiger partial charge < -0.3 is 9.84 Å². The molecule has 1 N–H and O–H groups in total. The summed E-state index contributed by atoms with van der Waals surface area (Å²) in [5.41, 5.74) is 1.09. The minimum Gasteiger partial charge on any atom is -0.494 e. The molecule has 0 aliphatic carbocycles. The van der Waals surface area contributed by atoms with E-state index in [0.29, 0.717) is 17.5 Å². The zero-order valence-corrected chi connectivity index (χ0v) is 11.7. The van der Waals surface area contributed by atoms with Crippen LogP contribution in [0.4, 0.5) is 0 Å². The lowest BCUT2D eigenvalue weighted by Crippen LogP contribution is -2.11. The number of ether oxygens (including phenoxy) is 1. The van der Waals surface area contributed by atoms with Gasteiger partial charge in [0.1, 0.15) is 12.3 Å². The Bertz CT molecular complexity index is 570. The van der Waals surface area contributed by atoms with Crippen LogP contribution in [0.1, 0.15) is 12.5 Å². The second kappa shape index (κ2) is 6.90. The first-order valence-electron chi connectivity index (χ1n) is 6.01. The monoisotopic (exact) mass is 294 g/mol. The topological polar surface area (TPSA) is 90.1 Å². The molecule has 0 saturated carbocycles. The van der Waals surface area contributed by atoms with E-state index in [0.717, 1.165) is 11.3 Å². The van der Waals surface area contributed by atoms with Gasteiger partial charge in [0.2, 0.25) is 5.16 Å². The number of aromatic nitrogens is 4. The molecule has 0 bridgehead atoms. The highest BCUT2D eigenvalue weighted by molar-refractivity contribution is 7.98. The summed E-state index contributed by atoms with van der Waals surface area (Å²) in [6, 6.07) is 7.73. The molecule has 0 aliphatic rings. The number of hydrogen-bond donors (Lipinski definition) is 1.